The van der Waals surface area contributed by atoms with Crippen LogP contribution in [-0.4, -0.2) is 37.2 Å². The zero-order chi connectivity index (χ0) is 10.0. The first-order chi connectivity index (χ1) is 6.00. The fraction of sp³-hybridized carbons (Fsp3) is 1.00. The SMILES string of the molecule is CC(C)C1CC(OC(F)F)CN1C. The Morgan fingerprint density at radius 1 is 1.38 bits per heavy atom. The van der Waals surface area contributed by atoms with Gasteiger partial charge in [-0.15, -0.1) is 0 Å². The van der Waals surface area contributed by atoms with E-state index < -0.39 is 6.61 Å². The fourth-order valence-corrected chi connectivity index (χ4v) is 2.01. The van der Waals surface area contributed by atoms with Gasteiger partial charge in [0.1, 0.15) is 0 Å². The van der Waals surface area contributed by atoms with Gasteiger partial charge in [0.25, 0.3) is 0 Å². The molecule has 4 heteroatoms. The minimum absolute atomic E-state index is 0.294. The molecule has 0 spiro atoms. The lowest BCUT2D eigenvalue weighted by molar-refractivity contribution is -0.158. The molecule has 78 valence electrons. The molecule has 13 heavy (non-hydrogen) atoms. The molecule has 1 rings (SSSR count). The van der Waals surface area contributed by atoms with Crippen molar-refractivity contribution in [1.82, 2.24) is 4.90 Å². The van der Waals surface area contributed by atoms with Crippen molar-refractivity contribution in [3.8, 4) is 0 Å². The van der Waals surface area contributed by atoms with Crippen molar-refractivity contribution < 1.29 is 13.5 Å². The molecule has 0 bridgehead atoms. The van der Waals surface area contributed by atoms with Crippen LogP contribution in [0.2, 0.25) is 0 Å². The summed E-state index contributed by atoms with van der Waals surface area (Å²) in [4.78, 5) is 2.09. The molecule has 0 aromatic heterocycles. The third-order valence-electron chi connectivity index (χ3n) is 2.63. The zero-order valence-electron chi connectivity index (χ0n) is 8.34. The predicted molar refractivity (Wildman–Crippen MR) is 46.8 cm³/mol. The Bertz CT molecular complexity index is 164. The molecule has 2 unspecified atom stereocenters. The Balaban J connectivity index is 2.40. The monoisotopic (exact) mass is 193 g/mol. The summed E-state index contributed by atoms with van der Waals surface area (Å²) in [5, 5.41) is 0. The molecular weight excluding hydrogens is 176 g/mol. The Kier molecular flexibility index (Phi) is 3.62. The summed E-state index contributed by atoms with van der Waals surface area (Å²) >= 11 is 0. The summed E-state index contributed by atoms with van der Waals surface area (Å²) in [6.07, 6.45) is 0.427. The molecule has 0 aromatic rings. The van der Waals surface area contributed by atoms with Gasteiger partial charge < -0.3 is 9.64 Å². The van der Waals surface area contributed by atoms with Crippen molar-refractivity contribution >= 4 is 0 Å². The number of hydrogen-bond donors (Lipinski definition) is 0. The van der Waals surface area contributed by atoms with Gasteiger partial charge in [0, 0.05) is 12.6 Å². The first-order valence-corrected chi connectivity index (χ1v) is 4.64. The Morgan fingerprint density at radius 2 is 2.00 bits per heavy atom. The molecule has 1 aliphatic heterocycles. The lowest BCUT2D eigenvalue weighted by atomic mass is 10.0. The molecule has 0 aliphatic carbocycles. The Morgan fingerprint density at radius 3 is 2.38 bits per heavy atom. The molecule has 0 saturated carbocycles. The summed E-state index contributed by atoms with van der Waals surface area (Å²) in [7, 11) is 1.96. The summed E-state index contributed by atoms with van der Waals surface area (Å²) in [6.45, 7) is 2.19. The van der Waals surface area contributed by atoms with Gasteiger partial charge in [0.05, 0.1) is 6.10 Å². The Labute approximate surface area is 77.9 Å². The van der Waals surface area contributed by atoms with E-state index in [1.54, 1.807) is 0 Å². The molecule has 0 N–H and O–H groups in total. The maximum Gasteiger partial charge on any atom is 0.345 e. The van der Waals surface area contributed by atoms with E-state index in [2.05, 4.69) is 23.5 Å². The number of alkyl halides is 2. The predicted octanol–water partition coefficient (Wildman–Crippen LogP) is 1.95. The van der Waals surface area contributed by atoms with E-state index in [0.717, 1.165) is 6.42 Å². The molecule has 0 amide bonds. The van der Waals surface area contributed by atoms with Crippen LogP contribution in [0, 0.1) is 5.92 Å². The van der Waals surface area contributed by atoms with Crippen molar-refractivity contribution in [3.05, 3.63) is 0 Å². The van der Waals surface area contributed by atoms with Crippen molar-refractivity contribution in [3.63, 3.8) is 0 Å². The minimum atomic E-state index is -2.63. The summed E-state index contributed by atoms with van der Waals surface area (Å²) < 4.78 is 28.3. The van der Waals surface area contributed by atoms with Crippen LogP contribution in [0.5, 0.6) is 0 Å². The zero-order valence-corrected chi connectivity index (χ0v) is 8.34. The van der Waals surface area contributed by atoms with E-state index in [-0.39, 0.29) is 6.10 Å². The van der Waals surface area contributed by atoms with Gasteiger partial charge in [0.2, 0.25) is 0 Å². The smallest absolute Gasteiger partial charge is 0.318 e. The second-order valence-corrected chi connectivity index (χ2v) is 4.01. The number of likely N-dealkylation sites (tertiary alicyclic amines) is 1. The van der Waals surface area contributed by atoms with E-state index in [1.807, 2.05) is 7.05 Å². The second-order valence-electron chi connectivity index (χ2n) is 4.01. The quantitative estimate of drug-likeness (QED) is 0.679. The van der Waals surface area contributed by atoms with Crippen molar-refractivity contribution in [2.45, 2.75) is 39.0 Å². The molecule has 1 saturated heterocycles. The highest BCUT2D eigenvalue weighted by Crippen LogP contribution is 2.25. The first kappa shape index (κ1) is 10.9. The summed E-state index contributed by atoms with van der Waals surface area (Å²) in [5.74, 6) is 0.497. The largest absolute Gasteiger partial charge is 0.345 e. The van der Waals surface area contributed by atoms with Crippen LogP contribution < -0.4 is 0 Å². The molecule has 1 fully saturated rings. The van der Waals surface area contributed by atoms with Crippen LogP contribution in [0.1, 0.15) is 20.3 Å². The van der Waals surface area contributed by atoms with Gasteiger partial charge in [-0.05, 0) is 19.4 Å². The van der Waals surface area contributed by atoms with Crippen LogP contribution in [0.15, 0.2) is 0 Å². The lowest BCUT2D eigenvalue weighted by Crippen LogP contribution is -2.29. The van der Waals surface area contributed by atoms with Gasteiger partial charge >= 0.3 is 6.61 Å². The molecule has 0 aromatic carbocycles. The average molecular weight is 193 g/mol. The van der Waals surface area contributed by atoms with Crippen molar-refractivity contribution in [1.29, 1.82) is 0 Å². The van der Waals surface area contributed by atoms with Crippen molar-refractivity contribution in [2.75, 3.05) is 13.6 Å². The van der Waals surface area contributed by atoms with Crippen molar-refractivity contribution in [2.24, 2.45) is 5.92 Å². The second kappa shape index (κ2) is 4.33. The van der Waals surface area contributed by atoms with Gasteiger partial charge in [0.15, 0.2) is 0 Å². The Hall–Kier alpha value is -0.220. The minimum Gasteiger partial charge on any atom is -0.318 e. The molecule has 1 aliphatic rings. The standard InChI is InChI=1S/C9H17F2NO/c1-6(2)8-4-7(5-12(8)3)13-9(10)11/h6-9H,4-5H2,1-3H3. The van der Waals surface area contributed by atoms with Crippen LogP contribution in [-0.2, 0) is 4.74 Å². The summed E-state index contributed by atoms with van der Waals surface area (Å²) in [6, 6.07) is 0.378. The topological polar surface area (TPSA) is 12.5 Å². The molecule has 0 radical (unpaired) electrons. The van der Waals surface area contributed by atoms with E-state index in [1.165, 1.54) is 0 Å². The number of halogens is 2. The number of rotatable bonds is 3. The number of likely N-dealkylation sites (N-methyl/N-ethyl adjacent to an activating group) is 1. The molecule has 1 heterocycles. The third kappa shape index (κ3) is 2.88. The van der Waals surface area contributed by atoms with Crippen LogP contribution in [0.3, 0.4) is 0 Å². The van der Waals surface area contributed by atoms with Gasteiger partial charge in [-0.1, -0.05) is 13.8 Å². The normalized spacial score (nSPS) is 30.7. The number of ether oxygens (including phenoxy) is 1. The van der Waals surface area contributed by atoms with Gasteiger partial charge in [-0.2, -0.15) is 8.78 Å². The van der Waals surface area contributed by atoms with Crippen LogP contribution in [0.4, 0.5) is 8.78 Å². The number of nitrogens with zero attached hydrogens (tertiary/aromatic N) is 1. The maximum atomic E-state index is 11.9. The maximum absolute atomic E-state index is 11.9. The molecular formula is C9H17F2NO. The highest BCUT2D eigenvalue weighted by Gasteiger charge is 2.33. The molecule has 2 nitrogen and oxygen atoms in total. The van der Waals surface area contributed by atoms with E-state index in [9.17, 15) is 8.78 Å². The van der Waals surface area contributed by atoms with Crippen LogP contribution >= 0.6 is 0 Å². The fourth-order valence-electron chi connectivity index (χ4n) is 2.01. The van der Waals surface area contributed by atoms with Crippen LogP contribution in [0.25, 0.3) is 0 Å². The number of hydrogen-bond acceptors (Lipinski definition) is 2. The van der Waals surface area contributed by atoms with E-state index >= 15 is 0 Å². The molecule has 2 atom stereocenters. The lowest BCUT2D eigenvalue weighted by Gasteiger charge is -2.22. The highest BCUT2D eigenvalue weighted by molar-refractivity contribution is 4.85. The highest BCUT2D eigenvalue weighted by atomic mass is 19.3. The third-order valence-corrected chi connectivity index (χ3v) is 2.63. The summed E-state index contributed by atoms with van der Waals surface area (Å²) in [5.41, 5.74) is 0. The van der Waals surface area contributed by atoms with Gasteiger partial charge in [-0.3, -0.25) is 0 Å². The van der Waals surface area contributed by atoms with E-state index in [0.29, 0.717) is 18.5 Å². The average Bonchev–Trinajstić information content (AvgIpc) is 2.29. The van der Waals surface area contributed by atoms with Gasteiger partial charge in [-0.25, -0.2) is 0 Å². The van der Waals surface area contributed by atoms with E-state index in [4.69, 9.17) is 0 Å². The first-order valence-electron chi connectivity index (χ1n) is 4.64.